The van der Waals surface area contributed by atoms with Crippen LogP contribution in [0.2, 0.25) is 0 Å². The van der Waals surface area contributed by atoms with Crippen LogP contribution >= 0.6 is 0 Å². The Morgan fingerprint density at radius 1 is 1.14 bits per heavy atom. The van der Waals surface area contributed by atoms with E-state index in [4.69, 9.17) is 0 Å². The van der Waals surface area contributed by atoms with Crippen LogP contribution < -0.4 is 5.32 Å². The van der Waals surface area contributed by atoms with Gasteiger partial charge in [0.15, 0.2) is 0 Å². The number of allylic oxidation sites excluding steroid dienone is 4. The molecule has 0 aromatic heterocycles. The van der Waals surface area contributed by atoms with E-state index in [1.54, 1.807) is 5.57 Å². The normalized spacial score (nSPS) is 48.7. The first-order valence-corrected chi connectivity index (χ1v) is 9.75. The van der Waals surface area contributed by atoms with Crippen LogP contribution in [0.5, 0.6) is 0 Å². The molecule has 1 saturated heterocycles. The summed E-state index contributed by atoms with van der Waals surface area (Å²) in [6, 6.07) is 0.820. The van der Waals surface area contributed by atoms with E-state index in [1.165, 1.54) is 38.6 Å². The van der Waals surface area contributed by atoms with Crippen molar-refractivity contribution in [1.82, 2.24) is 5.32 Å². The van der Waals surface area contributed by atoms with Gasteiger partial charge >= 0.3 is 0 Å². The van der Waals surface area contributed by atoms with E-state index in [9.17, 15) is 0 Å². The van der Waals surface area contributed by atoms with Crippen LogP contribution in [-0.2, 0) is 0 Å². The van der Waals surface area contributed by atoms with E-state index in [-0.39, 0.29) is 0 Å². The number of hydrogen-bond acceptors (Lipinski definition) is 1. The van der Waals surface area contributed by atoms with Crippen molar-refractivity contribution in [2.45, 2.75) is 58.9 Å². The molecule has 0 aromatic rings. The summed E-state index contributed by atoms with van der Waals surface area (Å²) in [6.45, 7) is 8.91. The van der Waals surface area contributed by atoms with Crippen molar-refractivity contribution in [3.8, 4) is 0 Å². The summed E-state index contributed by atoms with van der Waals surface area (Å²) in [4.78, 5) is 0. The molecule has 1 nitrogen and oxygen atoms in total. The number of piperidine rings is 1. The highest BCUT2D eigenvalue weighted by Gasteiger charge is 2.52. The first kappa shape index (κ1) is 15.0. The molecule has 0 aromatic carbocycles. The van der Waals surface area contributed by atoms with Gasteiger partial charge in [0.25, 0.3) is 0 Å². The topological polar surface area (TPSA) is 12.0 Å². The Balaban J connectivity index is 1.56. The predicted octanol–water partition coefficient (Wildman–Crippen LogP) is 4.81. The molecular formula is C21H33N. The van der Waals surface area contributed by atoms with Crippen LogP contribution in [0.25, 0.3) is 0 Å². The SMILES string of the molecule is CC1CC2C(C)C3CCCNC3CC2C1[C@H](C)C1=CC=CC1. The molecule has 1 N–H and O–H groups in total. The quantitative estimate of drug-likeness (QED) is 0.772. The van der Waals surface area contributed by atoms with Gasteiger partial charge in [-0.2, -0.15) is 0 Å². The predicted molar refractivity (Wildman–Crippen MR) is 93.6 cm³/mol. The lowest BCUT2D eigenvalue weighted by Gasteiger charge is -2.48. The second kappa shape index (κ2) is 5.82. The van der Waals surface area contributed by atoms with Crippen LogP contribution in [0.15, 0.2) is 23.8 Å². The smallest absolute Gasteiger partial charge is 0.0101 e. The van der Waals surface area contributed by atoms with E-state index >= 15 is 0 Å². The molecule has 3 fully saturated rings. The Kier molecular flexibility index (Phi) is 3.97. The fraction of sp³-hybridized carbons (Fsp3) is 0.810. The van der Waals surface area contributed by atoms with Gasteiger partial charge in [0.2, 0.25) is 0 Å². The largest absolute Gasteiger partial charge is 0.314 e. The van der Waals surface area contributed by atoms with Crippen molar-refractivity contribution in [2.75, 3.05) is 6.54 Å². The fourth-order valence-corrected chi connectivity index (χ4v) is 6.79. The standard InChI is InChI=1S/C21H33N/c1-13-11-18-15(3)17-9-6-10-22-20(17)12-19(18)21(13)14(2)16-7-4-5-8-16/h4-5,7,13-15,17-22H,6,8-12H2,1-3H3/t13?,14-,15?,17?,18?,19?,20?,21?/m1/s1. The molecule has 1 heteroatoms. The van der Waals surface area contributed by atoms with Gasteiger partial charge in [0.1, 0.15) is 0 Å². The van der Waals surface area contributed by atoms with Crippen LogP contribution in [0.3, 0.4) is 0 Å². The maximum absolute atomic E-state index is 3.88. The maximum atomic E-state index is 3.88. The van der Waals surface area contributed by atoms with Crippen LogP contribution in [0.4, 0.5) is 0 Å². The molecule has 0 bridgehead atoms. The van der Waals surface area contributed by atoms with E-state index in [0.717, 1.165) is 47.5 Å². The number of hydrogen-bond donors (Lipinski definition) is 1. The van der Waals surface area contributed by atoms with Gasteiger partial charge in [-0.15, -0.1) is 0 Å². The highest BCUT2D eigenvalue weighted by Crippen LogP contribution is 2.57. The van der Waals surface area contributed by atoms with E-state index in [1.807, 2.05) is 0 Å². The van der Waals surface area contributed by atoms with Gasteiger partial charge in [0.05, 0.1) is 0 Å². The summed E-state index contributed by atoms with van der Waals surface area (Å²) in [5.41, 5.74) is 1.70. The van der Waals surface area contributed by atoms with Gasteiger partial charge in [-0.1, -0.05) is 44.6 Å². The zero-order valence-electron chi connectivity index (χ0n) is 14.6. The zero-order chi connectivity index (χ0) is 15.3. The summed E-state index contributed by atoms with van der Waals surface area (Å²) in [5.74, 6) is 6.48. The van der Waals surface area contributed by atoms with Crippen molar-refractivity contribution < 1.29 is 0 Å². The first-order chi connectivity index (χ1) is 10.7. The van der Waals surface area contributed by atoms with Crippen molar-refractivity contribution in [2.24, 2.45) is 41.4 Å². The summed E-state index contributed by atoms with van der Waals surface area (Å²) < 4.78 is 0. The van der Waals surface area contributed by atoms with Gasteiger partial charge < -0.3 is 5.32 Å². The Bertz CT molecular complexity index is 476. The summed E-state index contributed by atoms with van der Waals surface area (Å²) in [7, 11) is 0. The van der Waals surface area contributed by atoms with Gasteiger partial charge in [-0.05, 0) is 80.1 Å². The highest BCUT2D eigenvalue weighted by molar-refractivity contribution is 5.26. The lowest BCUT2D eigenvalue weighted by atomic mass is 9.61. The lowest BCUT2D eigenvalue weighted by molar-refractivity contribution is 0.0416. The van der Waals surface area contributed by atoms with E-state index in [2.05, 4.69) is 44.3 Å². The second-order valence-electron chi connectivity index (χ2n) is 8.74. The van der Waals surface area contributed by atoms with Gasteiger partial charge in [-0.25, -0.2) is 0 Å². The van der Waals surface area contributed by atoms with Crippen LogP contribution in [-0.4, -0.2) is 12.6 Å². The van der Waals surface area contributed by atoms with Crippen molar-refractivity contribution in [3.63, 3.8) is 0 Å². The molecular weight excluding hydrogens is 266 g/mol. The third kappa shape index (κ3) is 2.31. The summed E-state index contributed by atoms with van der Waals surface area (Å²) in [5, 5.41) is 3.88. The summed E-state index contributed by atoms with van der Waals surface area (Å²) in [6.07, 6.45) is 14.0. The molecule has 3 aliphatic carbocycles. The van der Waals surface area contributed by atoms with Crippen LogP contribution in [0.1, 0.15) is 52.9 Å². The molecule has 2 saturated carbocycles. The molecule has 4 rings (SSSR count). The Morgan fingerprint density at radius 3 is 2.77 bits per heavy atom. The Labute approximate surface area is 136 Å². The molecule has 8 atom stereocenters. The van der Waals surface area contributed by atoms with Gasteiger partial charge in [-0.3, -0.25) is 0 Å². The molecule has 0 radical (unpaired) electrons. The van der Waals surface area contributed by atoms with Crippen molar-refractivity contribution >= 4 is 0 Å². The molecule has 122 valence electrons. The number of fused-ring (bicyclic) bond motifs is 2. The average molecular weight is 300 g/mol. The average Bonchev–Trinajstić information content (AvgIpc) is 3.15. The Morgan fingerprint density at radius 2 is 2.00 bits per heavy atom. The van der Waals surface area contributed by atoms with Gasteiger partial charge in [0, 0.05) is 6.04 Å². The maximum Gasteiger partial charge on any atom is 0.0101 e. The molecule has 0 amide bonds. The Hall–Kier alpha value is -0.560. The number of nitrogens with one attached hydrogen (secondary N) is 1. The van der Waals surface area contributed by atoms with Crippen molar-refractivity contribution in [3.05, 3.63) is 23.8 Å². The monoisotopic (exact) mass is 299 g/mol. The fourth-order valence-electron chi connectivity index (χ4n) is 6.79. The lowest BCUT2D eigenvalue weighted by Crippen LogP contribution is -2.51. The summed E-state index contributed by atoms with van der Waals surface area (Å²) >= 11 is 0. The first-order valence-electron chi connectivity index (χ1n) is 9.75. The minimum Gasteiger partial charge on any atom is -0.314 e. The third-order valence-electron chi connectivity index (χ3n) is 7.82. The minimum absolute atomic E-state index is 0.785. The number of rotatable bonds is 2. The third-order valence-corrected chi connectivity index (χ3v) is 7.82. The molecule has 7 unspecified atom stereocenters. The molecule has 0 spiro atoms. The molecule has 4 aliphatic rings. The van der Waals surface area contributed by atoms with Crippen molar-refractivity contribution in [1.29, 1.82) is 0 Å². The van der Waals surface area contributed by atoms with E-state index < -0.39 is 0 Å². The second-order valence-corrected chi connectivity index (χ2v) is 8.74. The molecule has 1 heterocycles. The zero-order valence-corrected chi connectivity index (χ0v) is 14.6. The minimum atomic E-state index is 0.785. The highest BCUT2D eigenvalue weighted by atomic mass is 14.9. The van der Waals surface area contributed by atoms with Crippen LogP contribution in [0, 0.1) is 41.4 Å². The molecule has 1 aliphatic heterocycles. The van der Waals surface area contributed by atoms with E-state index in [0.29, 0.717) is 0 Å². The molecule has 22 heavy (non-hydrogen) atoms.